The number of rotatable bonds is 2. The zero-order valence-corrected chi connectivity index (χ0v) is 12.1. The van der Waals surface area contributed by atoms with Gasteiger partial charge in [-0.3, -0.25) is 9.78 Å². The van der Waals surface area contributed by atoms with Crippen molar-refractivity contribution < 1.29 is 4.79 Å². The van der Waals surface area contributed by atoms with E-state index in [9.17, 15) is 4.79 Å². The molecule has 2 aromatic carbocycles. The molecule has 1 heterocycles. The van der Waals surface area contributed by atoms with Crippen LogP contribution in [0.15, 0.2) is 54.7 Å². The molecule has 1 N–H and O–H groups in total. The van der Waals surface area contributed by atoms with E-state index in [-0.39, 0.29) is 5.91 Å². The van der Waals surface area contributed by atoms with Gasteiger partial charge in [0.25, 0.3) is 0 Å². The van der Waals surface area contributed by atoms with Crippen LogP contribution in [0.25, 0.3) is 22.0 Å². The van der Waals surface area contributed by atoms with E-state index < -0.39 is 0 Å². The van der Waals surface area contributed by atoms with Gasteiger partial charge in [0.1, 0.15) is 0 Å². The van der Waals surface area contributed by atoms with Gasteiger partial charge < -0.3 is 5.32 Å². The van der Waals surface area contributed by atoms with Gasteiger partial charge in [-0.1, -0.05) is 36.4 Å². The number of hydrogen-bond donors (Lipinski definition) is 1. The molecule has 3 heteroatoms. The van der Waals surface area contributed by atoms with Gasteiger partial charge in [0.15, 0.2) is 0 Å². The fourth-order valence-electron chi connectivity index (χ4n) is 2.56. The second kappa shape index (κ2) is 5.37. The molecule has 0 bridgehead atoms. The molecular weight excluding hydrogens is 260 g/mol. The Hall–Kier alpha value is -2.68. The number of fused-ring (bicyclic) bond motifs is 1. The summed E-state index contributed by atoms with van der Waals surface area (Å²) in [6.07, 6.45) is 1.81. The Bertz CT molecular complexity index is 810. The average molecular weight is 276 g/mol. The Labute approximate surface area is 123 Å². The minimum absolute atomic E-state index is 0.0805. The molecule has 1 aromatic heterocycles. The molecule has 104 valence electrons. The van der Waals surface area contributed by atoms with Gasteiger partial charge in [0.05, 0.1) is 11.2 Å². The average Bonchev–Trinajstić information content (AvgIpc) is 2.50. The number of anilines is 1. The summed E-state index contributed by atoms with van der Waals surface area (Å²) in [4.78, 5) is 15.9. The van der Waals surface area contributed by atoms with Gasteiger partial charge in [-0.05, 0) is 35.7 Å². The van der Waals surface area contributed by atoms with Crippen LogP contribution in [0, 0.1) is 6.92 Å². The molecule has 0 fully saturated rings. The van der Waals surface area contributed by atoms with Gasteiger partial charge in [0.2, 0.25) is 5.91 Å². The van der Waals surface area contributed by atoms with Crippen LogP contribution < -0.4 is 5.32 Å². The summed E-state index contributed by atoms with van der Waals surface area (Å²) < 4.78 is 0. The molecular formula is C18H16N2O. The Morgan fingerprint density at radius 3 is 2.52 bits per heavy atom. The lowest BCUT2D eigenvalue weighted by Gasteiger charge is -2.13. The number of carbonyl (C=O) groups excluding carboxylic acids is 1. The van der Waals surface area contributed by atoms with Crippen molar-refractivity contribution >= 4 is 22.5 Å². The van der Waals surface area contributed by atoms with Crippen LogP contribution in [0.4, 0.5) is 5.69 Å². The number of aromatic nitrogens is 1. The zero-order valence-electron chi connectivity index (χ0n) is 12.1. The van der Waals surface area contributed by atoms with E-state index in [1.807, 2.05) is 49.5 Å². The summed E-state index contributed by atoms with van der Waals surface area (Å²) in [6.45, 7) is 3.55. The van der Waals surface area contributed by atoms with Gasteiger partial charge in [-0.2, -0.15) is 0 Å². The minimum Gasteiger partial charge on any atom is -0.326 e. The topological polar surface area (TPSA) is 42.0 Å². The molecule has 0 spiro atoms. The molecule has 0 saturated heterocycles. The normalized spacial score (nSPS) is 10.6. The standard InChI is InChI=1S/C18H16N2O/c1-12-8-9-16(20-13(2)21)17-15(10-11-19-18(12)17)14-6-4-3-5-7-14/h3-11H,1-2H3,(H,20,21). The summed E-state index contributed by atoms with van der Waals surface area (Å²) in [5.41, 5.74) is 5.00. The Morgan fingerprint density at radius 1 is 1.05 bits per heavy atom. The van der Waals surface area contributed by atoms with E-state index >= 15 is 0 Å². The van der Waals surface area contributed by atoms with Crippen LogP contribution in [-0.2, 0) is 4.79 Å². The number of amides is 1. The van der Waals surface area contributed by atoms with Crippen molar-refractivity contribution in [3.8, 4) is 11.1 Å². The van der Waals surface area contributed by atoms with E-state index in [2.05, 4.69) is 22.4 Å². The molecule has 0 aliphatic carbocycles. The van der Waals surface area contributed by atoms with Crippen LogP contribution in [0.5, 0.6) is 0 Å². The fourth-order valence-corrected chi connectivity index (χ4v) is 2.56. The maximum absolute atomic E-state index is 11.5. The quantitative estimate of drug-likeness (QED) is 0.763. The molecule has 0 unspecified atom stereocenters. The number of hydrogen-bond acceptors (Lipinski definition) is 2. The highest BCUT2D eigenvalue weighted by Crippen LogP contribution is 2.34. The first-order chi connectivity index (χ1) is 10.2. The van der Waals surface area contributed by atoms with Crippen molar-refractivity contribution in [2.24, 2.45) is 0 Å². The summed E-state index contributed by atoms with van der Waals surface area (Å²) in [7, 11) is 0. The molecule has 0 atom stereocenters. The van der Waals surface area contributed by atoms with Crippen molar-refractivity contribution in [3.05, 3.63) is 60.3 Å². The third-order valence-corrected chi connectivity index (χ3v) is 3.49. The molecule has 0 aliphatic rings. The molecule has 0 saturated carbocycles. The highest BCUT2D eigenvalue weighted by atomic mass is 16.1. The van der Waals surface area contributed by atoms with Crippen LogP contribution in [0.3, 0.4) is 0 Å². The third kappa shape index (κ3) is 2.50. The fraction of sp³-hybridized carbons (Fsp3) is 0.111. The van der Waals surface area contributed by atoms with Crippen molar-refractivity contribution in [1.29, 1.82) is 0 Å². The second-order valence-corrected chi connectivity index (χ2v) is 5.06. The van der Waals surface area contributed by atoms with Crippen LogP contribution in [0.2, 0.25) is 0 Å². The molecule has 3 aromatic rings. The number of nitrogens with one attached hydrogen (secondary N) is 1. The van der Waals surface area contributed by atoms with E-state index in [0.29, 0.717) is 0 Å². The lowest BCUT2D eigenvalue weighted by Crippen LogP contribution is -2.07. The molecule has 3 nitrogen and oxygen atoms in total. The Morgan fingerprint density at radius 2 is 1.81 bits per heavy atom. The Kier molecular flexibility index (Phi) is 3.40. The zero-order chi connectivity index (χ0) is 14.8. The highest BCUT2D eigenvalue weighted by molar-refractivity contribution is 6.08. The molecule has 21 heavy (non-hydrogen) atoms. The van der Waals surface area contributed by atoms with E-state index in [4.69, 9.17) is 0 Å². The predicted octanol–water partition coefficient (Wildman–Crippen LogP) is 4.17. The smallest absolute Gasteiger partial charge is 0.221 e. The lowest BCUT2D eigenvalue weighted by atomic mass is 9.98. The minimum atomic E-state index is -0.0805. The first-order valence-electron chi connectivity index (χ1n) is 6.88. The monoisotopic (exact) mass is 276 g/mol. The van der Waals surface area contributed by atoms with Crippen molar-refractivity contribution in [3.63, 3.8) is 0 Å². The molecule has 1 amide bonds. The molecule has 0 aliphatic heterocycles. The molecule has 0 radical (unpaired) electrons. The van der Waals surface area contributed by atoms with Crippen LogP contribution >= 0.6 is 0 Å². The number of carbonyl (C=O) groups is 1. The second-order valence-electron chi connectivity index (χ2n) is 5.06. The van der Waals surface area contributed by atoms with Gasteiger partial charge >= 0.3 is 0 Å². The maximum Gasteiger partial charge on any atom is 0.221 e. The van der Waals surface area contributed by atoms with E-state index in [1.54, 1.807) is 0 Å². The number of benzene rings is 2. The predicted molar refractivity (Wildman–Crippen MR) is 86.2 cm³/mol. The highest BCUT2D eigenvalue weighted by Gasteiger charge is 2.11. The van der Waals surface area contributed by atoms with Crippen LogP contribution in [-0.4, -0.2) is 10.9 Å². The van der Waals surface area contributed by atoms with Crippen molar-refractivity contribution in [2.45, 2.75) is 13.8 Å². The summed E-state index contributed by atoms with van der Waals surface area (Å²) >= 11 is 0. The lowest BCUT2D eigenvalue weighted by molar-refractivity contribution is -0.114. The summed E-state index contributed by atoms with van der Waals surface area (Å²) in [5, 5.41) is 3.89. The summed E-state index contributed by atoms with van der Waals surface area (Å²) in [5.74, 6) is -0.0805. The van der Waals surface area contributed by atoms with Gasteiger partial charge in [-0.15, -0.1) is 0 Å². The SMILES string of the molecule is CC(=O)Nc1ccc(C)c2nccc(-c3ccccc3)c12. The van der Waals surface area contributed by atoms with Crippen LogP contribution in [0.1, 0.15) is 12.5 Å². The van der Waals surface area contributed by atoms with Gasteiger partial charge in [0, 0.05) is 18.5 Å². The van der Waals surface area contributed by atoms with Crippen molar-refractivity contribution in [2.75, 3.05) is 5.32 Å². The number of pyridine rings is 1. The largest absolute Gasteiger partial charge is 0.326 e. The first-order valence-corrected chi connectivity index (χ1v) is 6.88. The van der Waals surface area contributed by atoms with Gasteiger partial charge in [-0.25, -0.2) is 0 Å². The molecule has 3 rings (SSSR count). The number of aryl methyl sites for hydroxylation is 1. The van der Waals surface area contributed by atoms with Crippen molar-refractivity contribution in [1.82, 2.24) is 4.98 Å². The third-order valence-electron chi connectivity index (χ3n) is 3.49. The Balaban J connectivity index is 2.35. The maximum atomic E-state index is 11.5. The summed E-state index contributed by atoms with van der Waals surface area (Å²) in [6, 6.07) is 16.0. The first kappa shape index (κ1) is 13.3. The van der Waals surface area contributed by atoms with E-state index in [1.165, 1.54) is 6.92 Å². The van der Waals surface area contributed by atoms with E-state index in [0.717, 1.165) is 33.3 Å². The number of nitrogens with zero attached hydrogens (tertiary/aromatic N) is 1.